The maximum absolute atomic E-state index is 5.54. The van der Waals surface area contributed by atoms with Crippen molar-refractivity contribution in [1.29, 1.82) is 0 Å². The number of ether oxygens (including phenoxy) is 2. The molecule has 0 bridgehead atoms. The Balaban J connectivity index is 3.03. The van der Waals surface area contributed by atoms with Crippen LogP contribution in [-0.4, -0.2) is 31.4 Å². The zero-order valence-electron chi connectivity index (χ0n) is 11.0. The molecule has 0 aromatic heterocycles. The van der Waals surface area contributed by atoms with E-state index in [1.807, 2.05) is 25.3 Å². The first-order valence-electron chi connectivity index (χ1n) is 5.53. The Morgan fingerprint density at radius 1 is 1.53 bits per heavy atom. The van der Waals surface area contributed by atoms with E-state index in [-0.39, 0.29) is 0 Å². The lowest BCUT2D eigenvalue weighted by Gasteiger charge is -2.11. The summed E-state index contributed by atoms with van der Waals surface area (Å²) in [6.07, 6.45) is 3.45. The van der Waals surface area contributed by atoms with Crippen LogP contribution in [0.5, 0.6) is 11.5 Å². The van der Waals surface area contributed by atoms with Gasteiger partial charge in [-0.2, -0.15) is 5.10 Å². The van der Waals surface area contributed by atoms with Gasteiger partial charge in [0.15, 0.2) is 16.7 Å². The second-order valence-electron chi connectivity index (χ2n) is 3.35. The van der Waals surface area contributed by atoms with Crippen LogP contribution in [0.3, 0.4) is 0 Å². The average molecular weight is 346 g/mol. The Morgan fingerprint density at radius 2 is 2.26 bits per heavy atom. The van der Waals surface area contributed by atoms with Gasteiger partial charge < -0.3 is 15.2 Å². The van der Waals surface area contributed by atoms with Gasteiger partial charge in [0.2, 0.25) is 0 Å². The number of halogens is 1. The van der Waals surface area contributed by atoms with Gasteiger partial charge in [0.05, 0.1) is 24.4 Å². The third-order valence-corrected chi connectivity index (χ3v) is 3.20. The lowest BCUT2D eigenvalue weighted by atomic mass is 10.2. The second-order valence-corrected chi connectivity index (χ2v) is 5.03. The van der Waals surface area contributed by atoms with Gasteiger partial charge in [-0.15, -0.1) is 5.10 Å². The summed E-state index contributed by atoms with van der Waals surface area (Å²) < 4.78 is 11.6. The summed E-state index contributed by atoms with van der Waals surface area (Å²) in [5, 5.41) is 8.15. The standard InChI is InChI=1S/C12H16BrN3O2S/c1-4-18-10-6-8(5-9(13)11(10)17-2)7-15-16-12(14)19-3/h5-7H,4H2,1-3H3,(H2,14,16)/b15-7-. The predicted octanol–water partition coefficient (Wildman–Crippen LogP) is 2.87. The van der Waals surface area contributed by atoms with Crippen molar-refractivity contribution in [2.75, 3.05) is 20.0 Å². The van der Waals surface area contributed by atoms with E-state index in [1.54, 1.807) is 13.3 Å². The van der Waals surface area contributed by atoms with Crippen molar-refractivity contribution < 1.29 is 9.47 Å². The Bertz CT molecular complexity index is 492. The predicted molar refractivity (Wildman–Crippen MR) is 84.6 cm³/mol. The summed E-state index contributed by atoms with van der Waals surface area (Å²) in [6, 6.07) is 3.71. The quantitative estimate of drug-likeness (QED) is 0.506. The number of nitrogens with two attached hydrogens (primary N) is 1. The van der Waals surface area contributed by atoms with Gasteiger partial charge in [-0.05, 0) is 46.8 Å². The molecule has 104 valence electrons. The molecule has 0 unspecified atom stereocenters. The molecule has 1 aromatic carbocycles. The average Bonchev–Trinajstić information content (AvgIpc) is 2.38. The molecule has 0 aliphatic heterocycles. The first-order chi connectivity index (χ1) is 9.12. The van der Waals surface area contributed by atoms with Gasteiger partial charge in [0.1, 0.15) is 0 Å². The summed E-state index contributed by atoms with van der Waals surface area (Å²) >= 11 is 4.77. The van der Waals surface area contributed by atoms with Crippen molar-refractivity contribution in [1.82, 2.24) is 0 Å². The fraction of sp³-hybridized carbons (Fsp3) is 0.333. The van der Waals surface area contributed by atoms with Crippen molar-refractivity contribution >= 4 is 39.1 Å². The number of methoxy groups -OCH3 is 1. The van der Waals surface area contributed by atoms with Crippen LogP contribution in [0.1, 0.15) is 12.5 Å². The molecule has 0 aliphatic rings. The van der Waals surface area contributed by atoms with E-state index in [0.717, 1.165) is 10.0 Å². The number of nitrogens with zero attached hydrogens (tertiary/aromatic N) is 2. The number of rotatable bonds is 5. The van der Waals surface area contributed by atoms with Crippen molar-refractivity contribution in [3.05, 3.63) is 22.2 Å². The van der Waals surface area contributed by atoms with Crippen molar-refractivity contribution in [2.24, 2.45) is 15.9 Å². The van der Waals surface area contributed by atoms with Crippen LogP contribution >= 0.6 is 27.7 Å². The third-order valence-electron chi connectivity index (χ3n) is 2.11. The highest BCUT2D eigenvalue weighted by Gasteiger charge is 2.10. The van der Waals surface area contributed by atoms with Crippen LogP contribution in [0.25, 0.3) is 0 Å². The number of hydrogen-bond donors (Lipinski definition) is 1. The zero-order valence-corrected chi connectivity index (χ0v) is 13.4. The smallest absolute Gasteiger partial charge is 0.180 e. The van der Waals surface area contributed by atoms with Crippen molar-refractivity contribution in [2.45, 2.75) is 6.92 Å². The lowest BCUT2D eigenvalue weighted by molar-refractivity contribution is 0.310. The molecular formula is C12H16BrN3O2S. The molecule has 0 amide bonds. The number of amidine groups is 1. The molecular weight excluding hydrogens is 330 g/mol. The summed E-state index contributed by atoms with van der Waals surface area (Å²) in [5.41, 5.74) is 6.38. The molecule has 0 spiro atoms. The zero-order chi connectivity index (χ0) is 14.3. The first kappa shape index (κ1) is 15.8. The molecule has 7 heteroatoms. The van der Waals surface area contributed by atoms with Gasteiger partial charge in [0.25, 0.3) is 0 Å². The molecule has 0 saturated heterocycles. The van der Waals surface area contributed by atoms with Crippen molar-refractivity contribution in [3.63, 3.8) is 0 Å². The SMILES string of the molecule is CCOc1cc(/C=N\N=C(/N)SC)cc(Br)c1OC. The van der Waals surface area contributed by atoms with Crippen LogP contribution in [0, 0.1) is 0 Å². The molecule has 5 nitrogen and oxygen atoms in total. The van der Waals surface area contributed by atoms with Crippen LogP contribution < -0.4 is 15.2 Å². The number of thioether (sulfide) groups is 1. The monoisotopic (exact) mass is 345 g/mol. The van der Waals surface area contributed by atoms with E-state index < -0.39 is 0 Å². The van der Waals surface area contributed by atoms with Gasteiger partial charge in [-0.1, -0.05) is 11.8 Å². The lowest BCUT2D eigenvalue weighted by Crippen LogP contribution is -2.04. The third kappa shape index (κ3) is 4.76. The van der Waals surface area contributed by atoms with Gasteiger partial charge in [0, 0.05) is 0 Å². The minimum absolute atomic E-state index is 0.411. The molecule has 1 rings (SSSR count). The molecule has 0 heterocycles. The minimum atomic E-state index is 0.411. The van der Waals surface area contributed by atoms with E-state index in [2.05, 4.69) is 26.1 Å². The van der Waals surface area contributed by atoms with Gasteiger partial charge >= 0.3 is 0 Å². The van der Waals surface area contributed by atoms with Crippen LogP contribution in [0.15, 0.2) is 26.8 Å². The molecule has 0 atom stereocenters. The molecule has 0 saturated carbocycles. The molecule has 0 aliphatic carbocycles. The van der Waals surface area contributed by atoms with Crippen LogP contribution in [0.2, 0.25) is 0 Å². The van der Waals surface area contributed by atoms with E-state index in [9.17, 15) is 0 Å². The first-order valence-corrected chi connectivity index (χ1v) is 7.55. The minimum Gasteiger partial charge on any atom is -0.492 e. The maximum atomic E-state index is 5.54. The van der Waals surface area contributed by atoms with Gasteiger partial charge in [-0.25, -0.2) is 0 Å². The van der Waals surface area contributed by atoms with E-state index >= 15 is 0 Å². The summed E-state index contributed by atoms with van der Waals surface area (Å²) in [5.74, 6) is 1.31. The summed E-state index contributed by atoms with van der Waals surface area (Å²) in [7, 11) is 1.60. The fourth-order valence-corrected chi connectivity index (χ4v) is 2.07. The largest absolute Gasteiger partial charge is 0.492 e. The molecule has 0 fully saturated rings. The number of benzene rings is 1. The number of hydrogen-bond acceptors (Lipinski definition) is 5. The summed E-state index contributed by atoms with van der Waals surface area (Å²) in [6.45, 7) is 2.47. The Morgan fingerprint density at radius 3 is 2.84 bits per heavy atom. The topological polar surface area (TPSA) is 69.2 Å². The highest BCUT2D eigenvalue weighted by atomic mass is 79.9. The maximum Gasteiger partial charge on any atom is 0.180 e. The fourth-order valence-electron chi connectivity index (χ4n) is 1.32. The van der Waals surface area contributed by atoms with Crippen LogP contribution in [0.4, 0.5) is 0 Å². The van der Waals surface area contributed by atoms with Crippen molar-refractivity contribution in [3.8, 4) is 11.5 Å². The molecule has 2 N–H and O–H groups in total. The Labute approximate surface area is 125 Å². The second kappa shape index (κ2) is 8.06. The molecule has 19 heavy (non-hydrogen) atoms. The van der Waals surface area contributed by atoms with E-state index in [0.29, 0.717) is 23.3 Å². The van der Waals surface area contributed by atoms with E-state index in [4.69, 9.17) is 15.2 Å². The van der Waals surface area contributed by atoms with Gasteiger partial charge in [-0.3, -0.25) is 0 Å². The Hall–Kier alpha value is -1.21. The van der Waals surface area contributed by atoms with E-state index in [1.165, 1.54) is 11.8 Å². The van der Waals surface area contributed by atoms with Crippen LogP contribution in [-0.2, 0) is 0 Å². The summed E-state index contributed by atoms with van der Waals surface area (Å²) in [4.78, 5) is 0. The highest BCUT2D eigenvalue weighted by Crippen LogP contribution is 2.36. The Kier molecular flexibility index (Phi) is 6.72. The highest BCUT2D eigenvalue weighted by molar-refractivity contribution is 9.10. The molecule has 0 radical (unpaired) electrons. The molecule has 1 aromatic rings. The normalized spacial score (nSPS) is 11.9.